The van der Waals surface area contributed by atoms with Crippen LogP contribution in [0.5, 0.6) is 0 Å². The zero-order chi connectivity index (χ0) is 15.5. The molecule has 1 aromatic rings. The molecule has 0 aromatic heterocycles. The molecule has 2 amide bonds. The molecule has 4 nitrogen and oxygen atoms in total. The smallest absolute Gasteiger partial charge is 0.338 e. The number of amides is 2. The minimum atomic E-state index is -4.50. The molecule has 7 heteroatoms. The van der Waals surface area contributed by atoms with Gasteiger partial charge in [0.15, 0.2) is 0 Å². The fraction of sp³-hybridized carbons (Fsp3) is 0.500. The van der Waals surface area contributed by atoms with E-state index in [0.29, 0.717) is 6.54 Å². The first-order valence-corrected chi connectivity index (χ1v) is 6.84. The number of urea groups is 1. The first-order chi connectivity index (χ1) is 9.88. The molecule has 21 heavy (non-hydrogen) atoms. The standard InChI is InChI=1S/C14H18F3N3O/c15-14(16,17)10-5-1-2-7-12(10)20-13(21)19-8-9-4-3-6-11(9)18/h1-2,5,7,9,11H,3-4,6,8,18H2,(H2,19,20,21). The molecule has 0 radical (unpaired) electrons. The average Bonchev–Trinajstić information content (AvgIpc) is 2.81. The van der Waals surface area contributed by atoms with E-state index < -0.39 is 17.8 Å². The quantitative estimate of drug-likeness (QED) is 0.803. The number of nitrogens with two attached hydrogens (primary N) is 1. The Hall–Kier alpha value is -1.76. The SMILES string of the molecule is NC1CCCC1CNC(=O)Nc1ccccc1C(F)(F)F. The molecule has 1 saturated carbocycles. The normalized spacial score (nSPS) is 22.1. The molecule has 1 aliphatic carbocycles. The Morgan fingerprint density at radius 2 is 2.00 bits per heavy atom. The van der Waals surface area contributed by atoms with Gasteiger partial charge in [0.05, 0.1) is 11.3 Å². The summed E-state index contributed by atoms with van der Waals surface area (Å²) in [6.45, 7) is 0.376. The lowest BCUT2D eigenvalue weighted by atomic mass is 10.1. The Balaban J connectivity index is 1.94. The van der Waals surface area contributed by atoms with Gasteiger partial charge in [-0.3, -0.25) is 0 Å². The fourth-order valence-electron chi connectivity index (χ4n) is 2.55. The summed E-state index contributed by atoms with van der Waals surface area (Å²) in [5.74, 6) is 0.189. The van der Waals surface area contributed by atoms with E-state index in [1.165, 1.54) is 18.2 Å². The highest BCUT2D eigenvalue weighted by molar-refractivity contribution is 5.90. The van der Waals surface area contributed by atoms with Crippen molar-refractivity contribution < 1.29 is 18.0 Å². The number of benzene rings is 1. The highest BCUT2D eigenvalue weighted by atomic mass is 19.4. The summed E-state index contributed by atoms with van der Waals surface area (Å²) in [5, 5.41) is 4.83. The first kappa shape index (κ1) is 15.6. The number of carbonyl (C=O) groups excluding carboxylic acids is 1. The lowest BCUT2D eigenvalue weighted by molar-refractivity contribution is -0.136. The van der Waals surface area contributed by atoms with Crippen molar-refractivity contribution in [3.63, 3.8) is 0 Å². The van der Waals surface area contributed by atoms with Crippen LogP contribution >= 0.6 is 0 Å². The lowest BCUT2D eigenvalue weighted by Crippen LogP contribution is -2.38. The number of rotatable bonds is 3. The maximum atomic E-state index is 12.8. The second-order valence-corrected chi connectivity index (χ2v) is 5.23. The molecule has 116 valence electrons. The summed E-state index contributed by atoms with van der Waals surface area (Å²) in [6.07, 6.45) is -1.63. The van der Waals surface area contributed by atoms with E-state index in [-0.39, 0.29) is 17.6 Å². The largest absolute Gasteiger partial charge is 0.418 e. The van der Waals surface area contributed by atoms with Crippen LogP contribution in [0.4, 0.5) is 23.7 Å². The van der Waals surface area contributed by atoms with E-state index in [9.17, 15) is 18.0 Å². The van der Waals surface area contributed by atoms with Crippen LogP contribution in [0.2, 0.25) is 0 Å². The average molecular weight is 301 g/mol. The van der Waals surface area contributed by atoms with Crippen LogP contribution in [0.15, 0.2) is 24.3 Å². The second kappa shape index (κ2) is 6.34. The summed E-state index contributed by atoms with van der Waals surface area (Å²) < 4.78 is 38.4. The third-order valence-electron chi connectivity index (χ3n) is 3.72. The highest BCUT2D eigenvalue weighted by Crippen LogP contribution is 2.34. The number of carbonyl (C=O) groups is 1. The van der Waals surface area contributed by atoms with E-state index in [2.05, 4.69) is 10.6 Å². The summed E-state index contributed by atoms with van der Waals surface area (Å²) in [6, 6.07) is 4.28. The van der Waals surface area contributed by atoms with Crippen molar-refractivity contribution in [2.24, 2.45) is 11.7 Å². The van der Waals surface area contributed by atoms with Crippen molar-refractivity contribution in [2.45, 2.75) is 31.5 Å². The van der Waals surface area contributed by atoms with Crippen molar-refractivity contribution in [2.75, 3.05) is 11.9 Å². The van der Waals surface area contributed by atoms with Gasteiger partial charge in [0.2, 0.25) is 0 Å². The third-order valence-corrected chi connectivity index (χ3v) is 3.72. The zero-order valence-corrected chi connectivity index (χ0v) is 11.4. The lowest BCUT2D eigenvalue weighted by Gasteiger charge is -2.17. The number of nitrogens with one attached hydrogen (secondary N) is 2. The van der Waals surface area contributed by atoms with Crippen LogP contribution in [0, 0.1) is 5.92 Å². The van der Waals surface area contributed by atoms with E-state index in [0.717, 1.165) is 25.3 Å². The van der Waals surface area contributed by atoms with Gasteiger partial charge in [0.1, 0.15) is 0 Å². The molecule has 0 saturated heterocycles. The van der Waals surface area contributed by atoms with E-state index in [1.54, 1.807) is 0 Å². The summed E-state index contributed by atoms with van der Waals surface area (Å²) in [5.41, 5.74) is 4.76. The number of para-hydroxylation sites is 1. The molecular weight excluding hydrogens is 283 g/mol. The van der Waals surface area contributed by atoms with E-state index >= 15 is 0 Å². The predicted octanol–water partition coefficient (Wildman–Crippen LogP) is 2.95. The van der Waals surface area contributed by atoms with Gasteiger partial charge in [-0.1, -0.05) is 18.6 Å². The van der Waals surface area contributed by atoms with Crippen molar-refractivity contribution in [1.29, 1.82) is 0 Å². The number of hydrogen-bond donors (Lipinski definition) is 3. The van der Waals surface area contributed by atoms with Crippen molar-refractivity contribution in [1.82, 2.24) is 5.32 Å². The summed E-state index contributed by atoms with van der Waals surface area (Å²) in [7, 11) is 0. The zero-order valence-electron chi connectivity index (χ0n) is 11.4. The molecule has 0 bridgehead atoms. The van der Waals surface area contributed by atoms with Gasteiger partial charge in [-0.05, 0) is 30.9 Å². The Morgan fingerprint density at radius 1 is 1.29 bits per heavy atom. The Morgan fingerprint density at radius 3 is 2.62 bits per heavy atom. The topological polar surface area (TPSA) is 67.1 Å². The minimum Gasteiger partial charge on any atom is -0.338 e. The molecule has 2 rings (SSSR count). The molecular formula is C14H18F3N3O. The van der Waals surface area contributed by atoms with Crippen LogP contribution in [-0.4, -0.2) is 18.6 Å². The Kier molecular flexibility index (Phi) is 4.72. The van der Waals surface area contributed by atoms with Crippen molar-refractivity contribution >= 4 is 11.7 Å². The molecule has 0 spiro atoms. The predicted molar refractivity (Wildman–Crippen MR) is 73.8 cm³/mol. The van der Waals surface area contributed by atoms with Gasteiger partial charge in [0.25, 0.3) is 0 Å². The van der Waals surface area contributed by atoms with E-state index in [4.69, 9.17) is 5.73 Å². The molecule has 2 atom stereocenters. The molecule has 4 N–H and O–H groups in total. The number of anilines is 1. The fourth-order valence-corrected chi connectivity index (χ4v) is 2.55. The highest BCUT2D eigenvalue weighted by Gasteiger charge is 2.33. The maximum Gasteiger partial charge on any atom is 0.418 e. The second-order valence-electron chi connectivity index (χ2n) is 5.23. The van der Waals surface area contributed by atoms with Gasteiger partial charge in [-0.25, -0.2) is 4.79 Å². The molecule has 0 aliphatic heterocycles. The van der Waals surface area contributed by atoms with Crippen molar-refractivity contribution in [3.8, 4) is 0 Å². The Labute approximate surface area is 120 Å². The molecule has 1 aromatic carbocycles. The van der Waals surface area contributed by atoms with Gasteiger partial charge in [0, 0.05) is 12.6 Å². The summed E-state index contributed by atoms with van der Waals surface area (Å²) >= 11 is 0. The van der Waals surface area contributed by atoms with Gasteiger partial charge >= 0.3 is 12.2 Å². The number of halogens is 3. The first-order valence-electron chi connectivity index (χ1n) is 6.84. The molecule has 1 aliphatic rings. The summed E-state index contributed by atoms with van der Waals surface area (Å²) in [4.78, 5) is 11.7. The third kappa shape index (κ3) is 4.10. The molecule has 2 unspecified atom stereocenters. The number of hydrogen-bond acceptors (Lipinski definition) is 2. The van der Waals surface area contributed by atoms with Crippen LogP contribution in [0.25, 0.3) is 0 Å². The van der Waals surface area contributed by atoms with Crippen LogP contribution in [0.1, 0.15) is 24.8 Å². The van der Waals surface area contributed by atoms with Gasteiger partial charge in [-0.2, -0.15) is 13.2 Å². The maximum absolute atomic E-state index is 12.8. The van der Waals surface area contributed by atoms with Crippen LogP contribution < -0.4 is 16.4 Å². The Bertz CT molecular complexity index is 504. The molecule has 0 heterocycles. The number of alkyl halides is 3. The van der Waals surface area contributed by atoms with Crippen LogP contribution in [0.3, 0.4) is 0 Å². The van der Waals surface area contributed by atoms with Crippen molar-refractivity contribution in [3.05, 3.63) is 29.8 Å². The molecule has 1 fully saturated rings. The van der Waals surface area contributed by atoms with Gasteiger partial charge in [-0.15, -0.1) is 0 Å². The minimum absolute atomic E-state index is 0.0489. The van der Waals surface area contributed by atoms with Crippen LogP contribution in [-0.2, 0) is 6.18 Å². The monoisotopic (exact) mass is 301 g/mol. The van der Waals surface area contributed by atoms with E-state index in [1.807, 2.05) is 0 Å². The van der Waals surface area contributed by atoms with Gasteiger partial charge < -0.3 is 16.4 Å².